The van der Waals surface area contributed by atoms with E-state index in [1.165, 1.54) is 0 Å². The predicted molar refractivity (Wildman–Crippen MR) is 64.1 cm³/mol. The van der Waals surface area contributed by atoms with Crippen molar-refractivity contribution in [3.05, 3.63) is 28.6 Å². The summed E-state index contributed by atoms with van der Waals surface area (Å²) in [6.07, 6.45) is 3.22. The van der Waals surface area contributed by atoms with Crippen molar-refractivity contribution < 1.29 is 9.53 Å². The first kappa shape index (κ1) is 12.5. The van der Waals surface area contributed by atoms with Crippen LogP contribution in [0.4, 0.5) is 0 Å². The minimum absolute atomic E-state index is 0.219. The SMILES string of the molecule is C=Cc1[nH]nc(C(=O)OCC)c1/C=C(\C)Cl. The maximum absolute atomic E-state index is 11.6. The Morgan fingerprint density at radius 2 is 2.38 bits per heavy atom. The Morgan fingerprint density at radius 3 is 2.88 bits per heavy atom. The molecule has 86 valence electrons. The molecule has 0 aliphatic carbocycles. The number of carbonyl (C=O) groups excluding carboxylic acids is 1. The van der Waals surface area contributed by atoms with Gasteiger partial charge in [0.1, 0.15) is 0 Å². The lowest BCUT2D eigenvalue weighted by Gasteiger charge is -1.99. The van der Waals surface area contributed by atoms with Gasteiger partial charge in [-0.25, -0.2) is 4.79 Å². The van der Waals surface area contributed by atoms with Gasteiger partial charge in [0.25, 0.3) is 0 Å². The Kier molecular flexibility index (Phi) is 4.31. The molecular formula is C11H13ClN2O2. The third-order valence-electron chi connectivity index (χ3n) is 1.85. The van der Waals surface area contributed by atoms with E-state index in [2.05, 4.69) is 16.8 Å². The van der Waals surface area contributed by atoms with E-state index in [-0.39, 0.29) is 5.69 Å². The van der Waals surface area contributed by atoms with Crippen LogP contribution < -0.4 is 0 Å². The highest BCUT2D eigenvalue weighted by Crippen LogP contribution is 2.18. The molecule has 0 spiro atoms. The number of rotatable bonds is 4. The van der Waals surface area contributed by atoms with Crippen LogP contribution in [-0.4, -0.2) is 22.8 Å². The second-order valence-corrected chi connectivity index (χ2v) is 3.65. The largest absolute Gasteiger partial charge is 0.461 e. The van der Waals surface area contributed by atoms with Gasteiger partial charge in [-0.1, -0.05) is 18.2 Å². The molecule has 1 N–H and O–H groups in total. The molecule has 0 radical (unpaired) electrons. The summed E-state index contributed by atoms with van der Waals surface area (Å²) in [5.74, 6) is -0.476. The fourth-order valence-electron chi connectivity index (χ4n) is 1.22. The van der Waals surface area contributed by atoms with E-state index in [9.17, 15) is 4.79 Å². The van der Waals surface area contributed by atoms with Crippen LogP contribution in [0, 0.1) is 0 Å². The van der Waals surface area contributed by atoms with Crippen molar-refractivity contribution in [2.75, 3.05) is 6.61 Å². The van der Waals surface area contributed by atoms with Crippen molar-refractivity contribution in [3.8, 4) is 0 Å². The number of hydrogen-bond donors (Lipinski definition) is 1. The van der Waals surface area contributed by atoms with Gasteiger partial charge in [0.05, 0.1) is 12.3 Å². The van der Waals surface area contributed by atoms with Crippen LogP contribution in [0.5, 0.6) is 0 Å². The summed E-state index contributed by atoms with van der Waals surface area (Å²) in [6, 6.07) is 0. The lowest BCUT2D eigenvalue weighted by atomic mass is 10.1. The smallest absolute Gasteiger partial charge is 0.359 e. The molecule has 1 heterocycles. The van der Waals surface area contributed by atoms with Crippen LogP contribution >= 0.6 is 11.6 Å². The molecule has 0 aromatic carbocycles. The van der Waals surface area contributed by atoms with Crippen molar-refractivity contribution in [1.29, 1.82) is 0 Å². The molecule has 0 saturated carbocycles. The van der Waals surface area contributed by atoms with Crippen molar-refractivity contribution >= 4 is 29.7 Å². The number of H-pyrrole nitrogens is 1. The quantitative estimate of drug-likeness (QED) is 0.824. The number of carbonyl (C=O) groups is 1. The second kappa shape index (κ2) is 5.51. The molecule has 1 aromatic heterocycles. The van der Waals surface area contributed by atoms with Crippen molar-refractivity contribution in [2.45, 2.75) is 13.8 Å². The standard InChI is InChI=1S/C11H13ClN2O2/c1-4-9-8(6-7(3)12)10(14-13-9)11(15)16-5-2/h4,6H,1,5H2,2-3H3,(H,13,14)/b7-6+. The first-order valence-electron chi connectivity index (χ1n) is 4.81. The molecule has 16 heavy (non-hydrogen) atoms. The van der Waals surface area contributed by atoms with E-state index in [1.807, 2.05) is 0 Å². The number of aromatic amines is 1. The van der Waals surface area contributed by atoms with Gasteiger partial charge in [-0.05, 0) is 26.0 Å². The lowest BCUT2D eigenvalue weighted by Crippen LogP contribution is -2.06. The topological polar surface area (TPSA) is 55.0 Å². The van der Waals surface area contributed by atoms with Gasteiger partial charge >= 0.3 is 5.97 Å². The molecular weight excluding hydrogens is 228 g/mol. The molecule has 0 aliphatic heterocycles. The van der Waals surface area contributed by atoms with Gasteiger partial charge in [-0.2, -0.15) is 5.10 Å². The highest BCUT2D eigenvalue weighted by molar-refractivity contribution is 6.31. The first-order valence-corrected chi connectivity index (χ1v) is 5.19. The molecule has 4 nitrogen and oxygen atoms in total. The average Bonchev–Trinajstić information content (AvgIpc) is 2.60. The molecule has 0 aliphatic rings. The lowest BCUT2D eigenvalue weighted by molar-refractivity contribution is 0.0519. The summed E-state index contributed by atoms with van der Waals surface area (Å²) in [4.78, 5) is 11.6. The zero-order chi connectivity index (χ0) is 12.1. The monoisotopic (exact) mass is 240 g/mol. The van der Waals surface area contributed by atoms with E-state index in [0.717, 1.165) is 0 Å². The van der Waals surface area contributed by atoms with Gasteiger partial charge in [-0.15, -0.1) is 0 Å². The Hall–Kier alpha value is -1.55. The molecule has 0 fully saturated rings. The summed E-state index contributed by atoms with van der Waals surface area (Å²) in [5, 5.41) is 7.13. The fraction of sp³-hybridized carbons (Fsp3) is 0.273. The van der Waals surface area contributed by atoms with Crippen LogP contribution in [0.25, 0.3) is 12.2 Å². The van der Waals surface area contributed by atoms with E-state index < -0.39 is 5.97 Å². The number of allylic oxidation sites excluding steroid dienone is 1. The number of nitrogens with one attached hydrogen (secondary N) is 1. The third kappa shape index (κ3) is 2.73. The molecule has 5 heteroatoms. The van der Waals surface area contributed by atoms with Gasteiger partial charge in [0.2, 0.25) is 0 Å². The second-order valence-electron chi connectivity index (χ2n) is 3.06. The van der Waals surface area contributed by atoms with Gasteiger partial charge in [0, 0.05) is 10.6 Å². The van der Waals surface area contributed by atoms with E-state index in [4.69, 9.17) is 16.3 Å². The van der Waals surface area contributed by atoms with Crippen molar-refractivity contribution in [3.63, 3.8) is 0 Å². The minimum atomic E-state index is -0.476. The summed E-state index contributed by atoms with van der Waals surface area (Å²) < 4.78 is 4.88. The maximum atomic E-state index is 11.6. The van der Waals surface area contributed by atoms with Crippen LogP contribution in [0.2, 0.25) is 0 Å². The van der Waals surface area contributed by atoms with Gasteiger partial charge in [-0.3, -0.25) is 5.10 Å². The van der Waals surface area contributed by atoms with Crippen molar-refractivity contribution in [1.82, 2.24) is 10.2 Å². The molecule has 1 rings (SSSR count). The molecule has 1 aromatic rings. The Balaban J connectivity index is 3.19. The zero-order valence-corrected chi connectivity index (χ0v) is 9.97. The Morgan fingerprint density at radius 1 is 1.69 bits per heavy atom. The molecule has 0 atom stereocenters. The van der Waals surface area contributed by atoms with Crippen LogP contribution in [-0.2, 0) is 4.74 Å². The number of esters is 1. The van der Waals surface area contributed by atoms with E-state index in [0.29, 0.717) is 22.9 Å². The summed E-state index contributed by atoms with van der Waals surface area (Å²) in [5.41, 5.74) is 1.46. The van der Waals surface area contributed by atoms with Crippen molar-refractivity contribution in [2.24, 2.45) is 0 Å². The number of aromatic nitrogens is 2. The predicted octanol–water partition coefficient (Wildman–Crippen LogP) is 2.83. The Bertz CT molecular complexity index is 431. The van der Waals surface area contributed by atoms with Gasteiger partial charge in [0.15, 0.2) is 5.69 Å². The highest BCUT2D eigenvalue weighted by Gasteiger charge is 2.17. The molecule has 0 unspecified atom stereocenters. The number of hydrogen-bond acceptors (Lipinski definition) is 3. The van der Waals surface area contributed by atoms with Gasteiger partial charge < -0.3 is 4.74 Å². The summed E-state index contributed by atoms with van der Waals surface area (Å²) >= 11 is 5.78. The summed E-state index contributed by atoms with van der Waals surface area (Å²) in [6.45, 7) is 7.38. The highest BCUT2D eigenvalue weighted by atomic mass is 35.5. The van der Waals surface area contributed by atoms with E-state index in [1.54, 1.807) is 26.0 Å². The van der Waals surface area contributed by atoms with Crippen LogP contribution in [0.15, 0.2) is 11.6 Å². The number of nitrogens with zero attached hydrogens (tertiary/aromatic N) is 1. The molecule has 0 amide bonds. The first-order chi connectivity index (χ1) is 7.60. The third-order valence-corrected chi connectivity index (χ3v) is 1.96. The zero-order valence-electron chi connectivity index (χ0n) is 9.21. The number of halogens is 1. The summed E-state index contributed by atoms with van der Waals surface area (Å²) in [7, 11) is 0. The fourth-order valence-corrected chi connectivity index (χ4v) is 1.33. The number of ether oxygens (including phenoxy) is 1. The van der Waals surface area contributed by atoms with Crippen LogP contribution in [0.1, 0.15) is 35.6 Å². The minimum Gasteiger partial charge on any atom is -0.461 e. The normalized spacial score (nSPS) is 11.3. The average molecular weight is 241 g/mol. The molecule has 0 bridgehead atoms. The maximum Gasteiger partial charge on any atom is 0.359 e. The Labute approximate surface area is 98.9 Å². The van der Waals surface area contributed by atoms with E-state index >= 15 is 0 Å². The van der Waals surface area contributed by atoms with Crippen LogP contribution in [0.3, 0.4) is 0 Å². The molecule has 0 saturated heterocycles.